The molecule has 5 heteroatoms. The smallest absolute Gasteiger partial charge is 0.240 e. The van der Waals surface area contributed by atoms with Gasteiger partial charge in [-0.05, 0) is 31.0 Å². The first-order valence-electron chi connectivity index (χ1n) is 9.33. The van der Waals surface area contributed by atoms with E-state index in [0.717, 1.165) is 18.4 Å². The SMILES string of the molecule is CCCCCCCCCCCC(=O)N/N=C(\C)c1ccc(Cl)c(Cl)c1. The van der Waals surface area contributed by atoms with Crippen molar-refractivity contribution in [2.24, 2.45) is 5.10 Å². The highest BCUT2D eigenvalue weighted by atomic mass is 35.5. The number of rotatable bonds is 12. The Morgan fingerprint density at radius 3 is 2.16 bits per heavy atom. The van der Waals surface area contributed by atoms with Crippen molar-refractivity contribution >= 4 is 34.8 Å². The third kappa shape index (κ3) is 9.86. The van der Waals surface area contributed by atoms with Gasteiger partial charge in [0, 0.05) is 6.42 Å². The zero-order valence-corrected chi connectivity index (χ0v) is 16.9. The first-order chi connectivity index (χ1) is 12.0. The first-order valence-corrected chi connectivity index (χ1v) is 10.1. The number of carbonyl (C=O) groups excluding carboxylic acids is 1. The van der Waals surface area contributed by atoms with Gasteiger partial charge in [-0.1, -0.05) is 87.6 Å². The van der Waals surface area contributed by atoms with Gasteiger partial charge in [0.2, 0.25) is 5.91 Å². The quantitative estimate of drug-likeness (QED) is 0.241. The molecular weight excluding hydrogens is 355 g/mol. The van der Waals surface area contributed by atoms with Crippen molar-refractivity contribution in [1.82, 2.24) is 5.43 Å². The number of amides is 1. The van der Waals surface area contributed by atoms with Gasteiger partial charge in [-0.3, -0.25) is 4.79 Å². The number of hydrogen-bond acceptors (Lipinski definition) is 2. The van der Waals surface area contributed by atoms with Crippen LogP contribution in [-0.4, -0.2) is 11.6 Å². The van der Waals surface area contributed by atoms with Crippen molar-refractivity contribution in [3.63, 3.8) is 0 Å². The van der Waals surface area contributed by atoms with Crippen LogP contribution in [0, 0.1) is 0 Å². The van der Waals surface area contributed by atoms with Gasteiger partial charge in [-0.2, -0.15) is 5.10 Å². The second-order valence-electron chi connectivity index (χ2n) is 6.44. The van der Waals surface area contributed by atoms with Crippen LogP contribution in [0.1, 0.15) is 83.6 Å². The van der Waals surface area contributed by atoms with Crippen LogP contribution in [0.2, 0.25) is 10.0 Å². The fourth-order valence-corrected chi connectivity index (χ4v) is 2.88. The van der Waals surface area contributed by atoms with Crippen LogP contribution in [0.25, 0.3) is 0 Å². The van der Waals surface area contributed by atoms with E-state index in [2.05, 4.69) is 17.5 Å². The summed E-state index contributed by atoms with van der Waals surface area (Å²) in [6, 6.07) is 5.30. The normalized spacial score (nSPS) is 11.6. The predicted molar refractivity (Wildman–Crippen MR) is 109 cm³/mol. The van der Waals surface area contributed by atoms with E-state index in [-0.39, 0.29) is 5.91 Å². The van der Waals surface area contributed by atoms with Crippen LogP contribution in [0.5, 0.6) is 0 Å². The number of nitrogens with one attached hydrogen (secondary N) is 1. The van der Waals surface area contributed by atoms with Gasteiger partial charge < -0.3 is 0 Å². The molecule has 0 fully saturated rings. The molecule has 0 spiro atoms. The average molecular weight is 385 g/mol. The van der Waals surface area contributed by atoms with Gasteiger partial charge in [-0.15, -0.1) is 0 Å². The van der Waals surface area contributed by atoms with Crippen molar-refractivity contribution in [3.05, 3.63) is 33.8 Å². The average Bonchev–Trinajstić information content (AvgIpc) is 2.60. The molecule has 1 N–H and O–H groups in total. The van der Waals surface area contributed by atoms with Crippen molar-refractivity contribution in [3.8, 4) is 0 Å². The lowest BCUT2D eigenvalue weighted by molar-refractivity contribution is -0.121. The van der Waals surface area contributed by atoms with Crippen LogP contribution < -0.4 is 5.43 Å². The van der Waals surface area contributed by atoms with E-state index in [9.17, 15) is 4.79 Å². The zero-order valence-electron chi connectivity index (χ0n) is 15.4. The highest BCUT2D eigenvalue weighted by Gasteiger charge is 2.04. The zero-order chi connectivity index (χ0) is 18.5. The van der Waals surface area contributed by atoms with Crippen LogP contribution in [0.3, 0.4) is 0 Å². The summed E-state index contributed by atoms with van der Waals surface area (Å²) in [4.78, 5) is 11.8. The molecule has 3 nitrogen and oxygen atoms in total. The summed E-state index contributed by atoms with van der Waals surface area (Å²) in [6.45, 7) is 4.07. The molecule has 0 bridgehead atoms. The molecule has 0 heterocycles. The van der Waals surface area contributed by atoms with E-state index in [0.29, 0.717) is 22.2 Å². The summed E-state index contributed by atoms with van der Waals surface area (Å²) >= 11 is 11.9. The predicted octanol–water partition coefficient (Wildman–Crippen LogP) is 6.75. The molecule has 0 radical (unpaired) electrons. The Balaban J connectivity index is 2.16. The summed E-state index contributed by atoms with van der Waals surface area (Å²) < 4.78 is 0. The van der Waals surface area contributed by atoms with Crippen molar-refractivity contribution in [2.75, 3.05) is 0 Å². The minimum absolute atomic E-state index is 0.0395. The molecule has 1 aromatic rings. The van der Waals surface area contributed by atoms with E-state index >= 15 is 0 Å². The number of halogens is 2. The number of benzene rings is 1. The van der Waals surface area contributed by atoms with E-state index in [1.54, 1.807) is 12.1 Å². The number of hydrogen-bond donors (Lipinski definition) is 1. The molecule has 0 aliphatic heterocycles. The standard InChI is InChI=1S/C20H30Cl2N2O/c1-3-4-5-6-7-8-9-10-11-12-20(25)24-23-16(2)17-13-14-18(21)19(22)15-17/h13-15H,3-12H2,1-2H3,(H,24,25)/b23-16+. The summed E-state index contributed by atoms with van der Waals surface area (Å²) in [6.07, 6.45) is 11.7. The molecule has 0 aromatic heterocycles. The Morgan fingerprint density at radius 1 is 0.960 bits per heavy atom. The van der Waals surface area contributed by atoms with E-state index in [1.165, 1.54) is 44.9 Å². The van der Waals surface area contributed by atoms with Gasteiger partial charge in [-0.25, -0.2) is 5.43 Å². The van der Waals surface area contributed by atoms with Gasteiger partial charge >= 0.3 is 0 Å². The minimum atomic E-state index is -0.0395. The molecule has 0 aliphatic carbocycles. The molecule has 0 saturated heterocycles. The third-order valence-electron chi connectivity index (χ3n) is 4.19. The molecule has 1 amide bonds. The molecule has 0 saturated carbocycles. The van der Waals surface area contributed by atoms with Crippen LogP contribution in [0.4, 0.5) is 0 Å². The molecule has 0 atom stereocenters. The summed E-state index contributed by atoms with van der Waals surface area (Å²) in [5.74, 6) is -0.0395. The van der Waals surface area contributed by atoms with Crippen LogP contribution in [-0.2, 0) is 4.79 Å². The fraction of sp³-hybridized carbons (Fsp3) is 0.600. The van der Waals surface area contributed by atoms with E-state index < -0.39 is 0 Å². The number of carbonyl (C=O) groups is 1. The van der Waals surface area contributed by atoms with Crippen molar-refractivity contribution < 1.29 is 4.79 Å². The largest absolute Gasteiger partial charge is 0.273 e. The second-order valence-corrected chi connectivity index (χ2v) is 7.25. The molecule has 1 rings (SSSR count). The Labute approximate surface area is 162 Å². The molecule has 0 aliphatic rings. The number of nitrogens with zero attached hydrogens (tertiary/aromatic N) is 1. The van der Waals surface area contributed by atoms with Crippen molar-refractivity contribution in [2.45, 2.75) is 78.1 Å². The molecule has 140 valence electrons. The maximum atomic E-state index is 11.8. The van der Waals surface area contributed by atoms with Gasteiger partial charge in [0.1, 0.15) is 0 Å². The third-order valence-corrected chi connectivity index (χ3v) is 4.93. The highest BCUT2D eigenvalue weighted by molar-refractivity contribution is 6.42. The Hall–Kier alpha value is -1.06. The van der Waals surface area contributed by atoms with Gasteiger partial charge in [0.05, 0.1) is 15.8 Å². The van der Waals surface area contributed by atoms with E-state index in [4.69, 9.17) is 23.2 Å². The lowest BCUT2D eigenvalue weighted by Crippen LogP contribution is -2.18. The maximum Gasteiger partial charge on any atom is 0.240 e. The topological polar surface area (TPSA) is 41.5 Å². The second kappa shape index (κ2) is 13.2. The Morgan fingerprint density at radius 2 is 1.56 bits per heavy atom. The van der Waals surface area contributed by atoms with E-state index in [1.807, 2.05) is 13.0 Å². The van der Waals surface area contributed by atoms with Crippen LogP contribution in [0.15, 0.2) is 23.3 Å². The summed E-state index contributed by atoms with van der Waals surface area (Å²) in [5, 5.41) is 5.13. The lowest BCUT2D eigenvalue weighted by atomic mass is 10.1. The summed E-state index contributed by atoms with van der Waals surface area (Å²) in [7, 11) is 0. The van der Waals surface area contributed by atoms with Gasteiger partial charge in [0.25, 0.3) is 0 Å². The van der Waals surface area contributed by atoms with Gasteiger partial charge in [0.15, 0.2) is 0 Å². The minimum Gasteiger partial charge on any atom is -0.273 e. The Bertz CT molecular complexity index is 559. The Kier molecular flexibility index (Phi) is 11.6. The maximum absolute atomic E-state index is 11.8. The molecule has 0 unspecified atom stereocenters. The molecule has 1 aromatic carbocycles. The first kappa shape index (κ1) is 22.0. The van der Waals surface area contributed by atoms with Crippen LogP contribution >= 0.6 is 23.2 Å². The fourth-order valence-electron chi connectivity index (χ4n) is 2.58. The van der Waals surface area contributed by atoms with Crippen molar-refractivity contribution in [1.29, 1.82) is 0 Å². The lowest BCUT2D eigenvalue weighted by Gasteiger charge is -2.05. The molecular formula is C20H30Cl2N2O. The monoisotopic (exact) mass is 384 g/mol. The summed E-state index contributed by atoms with van der Waals surface area (Å²) in [5.41, 5.74) is 4.17. The molecule has 25 heavy (non-hydrogen) atoms. The highest BCUT2D eigenvalue weighted by Crippen LogP contribution is 2.22. The number of unbranched alkanes of at least 4 members (excludes halogenated alkanes) is 8. The number of hydrazone groups is 1.